The van der Waals surface area contributed by atoms with Gasteiger partial charge in [0.05, 0.1) is 25.1 Å². The Morgan fingerprint density at radius 3 is 2.74 bits per heavy atom. The number of hydrogen-bond donors (Lipinski definition) is 3. The lowest BCUT2D eigenvalue weighted by Gasteiger charge is -2.28. The smallest absolute Gasteiger partial charge is 0.227 e. The summed E-state index contributed by atoms with van der Waals surface area (Å²) in [6.45, 7) is 3.27. The molecule has 2 aromatic heterocycles. The first-order chi connectivity index (χ1) is 15.2. The first kappa shape index (κ1) is 19.3. The van der Waals surface area contributed by atoms with E-state index in [1.807, 2.05) is 36.5 Å². The van der Waals surface area contributed by atoms with Gasteiger partial charge < -0.3 is 25.7 Å². The van der Waals surface area contributed by atoms with Gasteiger partial charge in [-0.05, 0) is 42.0 Å². The number of ether oxygens (including phenoxy) is 1. The van der Waals surface area contributed by atoms with E-state index >= 15 is 0 Å². The van der Waals surface area contributed by atoms with E-state index in [-0.39, 0.29) is 0 Å². The van der Waals surface area contributed by atoms with Crippen molar-refractivity contribution in [1.82, 2.24) is 15.0 Å². The van der Waals surface area contributed by atoms with Crippen molar-refractivity contribution >= 4 is 33.9 Å². The Hall–Kier alpha value is -3.65. The zero-order valence-electron chi connectivity index (χ0n) is 16.9. The molecule has 7 nitrogen and oxygen atoms in total. The van der Waals surface area contributed by atoms with Gasteiger partial charge >= 0.3 is 0 Å². The summed E-state index contributed by atoms with van der Waals surface area (Å²) in [5.74, 6) is -0.0716. The summed E-state index contributed by atoms with van der Waals surface area (Å²) in [5.41, 5.74) is 10.7. The van der Waals surface area contributed by atoms with Crippen molar-refractivity contribution in [3.8, 4) is 0 Å². The molecule has 0 unspecified atom stereocenters. The predicted molar refractivity (Wildman–Crippen MR) is 120 cm³/mol. The molecule has 1 fully saturated rings. The van der Waals surface area contributed by atoms with Crippen LogP contribution >= 0.6 is 0 Å². The van der Waals surface area contributed by atoms with Crippen LogP contribution in [0, 0.1) is 5.82 Å². The van der Waals surface area contributed by atoms with E-state index in [1.54, 1.807) is 0 Å². The maximum absolute atomic E-state index is 14.4. The molecule has 0 spiro atoms. The Bertz CT molecular complexity index is 1200. The first-order valence-electron chi connectivity index (χ1n) is 10.2. The number of fused-ring (bicyclic) bond motifs is 1. The maximum Gasteiger partial charge on any atom is 0.227 e. The fraction of sp³-hybridized carbons (Fsp3) is 0.217. The number of aromatic nitrogens is 3. The van der Waals surface area contributed by atoms with Crippen LogP contribution in [-0.2, 0) is 11.2 Å². The van der Waals surface area contributed by atoms with Crippen LogP contribution in [0.2, 0.25) is 0 Å². The molecule has 4 aromatic rings. The van der Waals surface area contributed by atoms with E-state index in [4.69, 9.17) is 10.5 Å². The highest BCUT2D eigenvalue weighted by molar-refractivity contribution is 5.86. The number of halogens is 1. The van der Waals surface area contributed by atoms with E-state index in [0.717, 1.165) is 54.1 Å². The van der Waals surface area contributed by atoms with Crippen LogP contribution in [0.5, 0.6) is 0 Å². The molecule has 0 bridgehead atoms. The third kappa shape index (κ3) is 4.15. The van der Waals surface area contributed by atoms with Crippen molar-refractivity contribution in [3.05, 3.63) is 71.9 Å². The number of hydrogen-bond acceptors (Lipinski definition) is 6. The van der Waals surface area contributed by atoms with Crippen LogP contribution in [0.3, 0.4) is 0 Å². The van der Waals surface area contributed by atoms with E-state index in [9.17, 15) is 4.39 Å². The first-order valence-corrected chi connectivity index (χ1v) is 10.2. The minimum atomic E-state index is -0.432. The second-order valence-corrected chi connectivity index (χ2v) is 7.56. The van der Waals surface area contributed by atoms with Crippen LogP contribution in [0.15, 0.2) is 54.9 Å². The Morgan fingerprint density at radius 2 is 1.94 bits per heavy atom. The van der Waals surface area contributed by atoms with Gasteiger partial charge in [-0.25, -0.2) is 14.4 Å². The fourth-order valence-corrected chi connectivity index (χ4v) is 3.82. The predicted octanol–water partition coefficient (Wildman–Crippen LogP) is 3.85. The zero-order valence-corrected chi connectivity index (χ0v) is 16.9. The van der Waals surface area contributed by atoms with Crippen LogP contribution in [0.25, 0.3) is 10.9 Å². The van der Waals surface area contributed by atoms with Crippen molar-refractivity contribution in [2.75, 3.05) is 42.3 Å². The molecule has 0 saturated carbocycles. The second-order valence-electron chi connectivity index (χ2n) is 7.56. The highest BCUT2D eigenvalue weighted by atomic mass is 19.1. The van der Waals surface area contributed by atoms with Gasteiger partial charge in [-0.2, -0.15) is 0 Å². The lowest BCUT2D eigenvalue weighted by molar-refractivity contribution is 0.122. The van der Waals surface area contributed by atoms with E-state index in [2.05, 4.69) is 37.3 Å². The summed E-state index contributed by atoms with van der Waals surface area (Å²) in [6.07, 6.45) is 3.42. The van der Waals surface area contributed by atoms with Crippen molar-refractivity contribution in [2.45, 2.75) is 6.42 Å². The van der Waals surface area contributed by atoms with E-state index in [1.165, 1.54) is 6.20 Å². The summed E-state index contributed by atoms with van der Waals surface area (Å²) in [7, 11) is 0. The highest BCUT2D eigenvalue weighted by Crippen LogP contribution is 2.25. The van der Waals surface area contributed by atoms with E-state index in [0.29, 0.717) is 23.8 Å². The number of nitrogens with two attached hydrogens (primary N) is 1. The molecule has 1 aliphatic rings. The SMILES string of the molecule is Nc1ccc2c(Cc3nc(Nc4ccc(N5CCOCC5)cc4)ncc3F)c[nH]c2c1. The summed E-state index contributed by atoms with van der Waals surface area (Å²) in [4.78, 5) is 14.0. The molecular weight excluding hydrogens is 395 g/mol. The lowest BCUT2D eigenvalue weighted by atomic mass is 10.1. The molecule has 0 atom stereocenters. The average Bonchev–Trinajstić information content (AvgIpc) is 3.19. The van der Waals surface area contributed by atoms with Crippen LogP contribution in [0.4, 0.5) is 27.4 Å². The third-order valence-electron chi connectivity index (χ3n) is 5.47. The zero-order chi connectivity index (χ0) is 21.2. The average molecular weight is 418 g/mol. The van der Waals surface area contributed by atoms with Gasteiger partial charge in [0.25, 0.3) is 0 Å². The minimum Gasteiger partial charge on any atom is -0.399 e. The maximum atomic E-state index is 14.4. The van der Waals surface area contributed by atoms with Gasteiger partial charge in [0, 0.05) is 53.7 Å². The van der Waals surface area contributed by atoms with Crippen molar-refractivity contribution < 1.29 is 9.13 Å². The molecule has 8 heteroatoms. The normalized spacial score (nSPS) is 14.2. The molecule has 31 heavy (non-hydrogen) atoms. The van der Waals surface area contributed by atoms with Gasteiger partial charge in [-0.1, -0.05) is 6.07 Å². The second kappa shape index (κ2) is 8.23. The van der Waals surface area contributed by atoms with Gasteiger partial charge in [-0.3, -0.25) is 0 Å². The van der Waals surface area contributed by atoms with Crippen LogP contribution in [-0.4, -0.2) is 41.3 Å². The molecule has 5 rings (SSSR count). The molecule has 1 aliphatic heterocycles. The van der Waals surface area contributed by atoms with E-state index < -0.39 is 5.82 Å². The molecule has 1 saturated heterocycles. The summed E-state index contributed by atoms with van der Waals surface area (Å²) in [6, 6.07) is 13.7. The Morgan fingerprint density at radius 1 is 1.13 bits per heavy atom. The van der Waals surface area contributed by atoms with Gasteiger partial charge in [0.2, 0.25) is 5.95 Å². The third-order valence-corrected chi connectivity index (χ3v) is 5.47. The van der Waals surface area contributed by atoms with Crippen molar-refractivity contribution in [2.24, 2.45) is 0 Å². The number of anilines is 4. The van der Waals surface area contributed by atoms with Gasteiger partial charge in [0.1, 0.15) is 0 Å². The molecular formula is C23H23FN6O. The number of nitrogen functional groups attached to an aromatic ring is 1. The molecule has 0 aliphatic carbocycles. The largest absolute Gasteiger partial charge is 0.399 e. The Kier molecular flexibility index (Phi) is 5.13. The quantitative estimate of drug-likeness (QED) is 0.427. The summed E-state index contributed by atoms with van der Waals surface area (Å²) >= 11 is 0. The summed E-state index contributed by atoms with van der Waals surface area (Å²) < 4.78 is 19.8. The van der Waals surface area contributed by atoms with Gasteiger partial charge in [-0.15, -0.1) is 0 Å². The minimum absolute atomic E-state index is 0.333. The highest BCUT2D eigenvalue weighted by Gasteiger charge is 2.13. The van der Waals surface area contributed by atoms with Crippen LogP contribution < -0.4 is 16.0 Å². The number of aromatic amines is 1. The number of nitrogens with one attached hydrogen (secondary N) is 2. The molecule has 0 radical (unpaired) electrons. The standard InChI is InChI=1S/C23H23FN6O/c24-20-14-27-23(28-17-2-4-18(5-3-17)30-7-9-31-10-8-30)29-22(20)11-15-13-26-21-12-16(25)1-6-19(15)21/h1-6,12-14,26H,7-11,25H2,(H,27,28,29). The Labute approximate surface area is 179 Å². The molecule has 158 valence electrons. The van der Waals surface area contributed by atoms with Gasteiger partial charge in [0.15, 0.2) is 5.82 Å². The molecule has 2 aromatic carbocycles. The number of morpholine rings is 1. The number of nitrogens with zero attached hydrogens (tertiary/aromatic N) is 3. The fourth-order valence-electron chi connectivity index (χ4n) is 3.82. The Balaban J connectivity index is 1.33. The topological polar surface area (TPSA) is 92.1 Å². The van der Waals surface area contributed by atoms with Crippen molar-refractivity contribution in [1.29, 1.82) is 0 Å². The number of rotatable bonds is 5. The monoisotopic (exact) mass is 418 g/mol. The van der Waals surface area contributed by atoms with Crippen molar-refractivity contribution in [3.63, 3.8) is 0 Å². The number of benzene rings is 2. The van der Waals surface area contributed by atoms with Crippen LogP contribution in [0.1, 0.15) is 11.3 Å². The molecule has 0 amide bonds. The molecule has 3 heterocycles. The molecule has 4 N–H and O–H groups in total. The summed E-state index contributed by atoms with van der Waals surface area (Å²) in [5, 5.41) is 4.17. The lowest BCUT2D eigenvalue weighted by Crippen LogP contribution is -2.36. The number of H-pyrrole nitrogens is 1.